The van der Waals surface area contributed by atoms with Crippen molar-refractivity contribution in [2.45, 2.75) is 52.1 Å². The molecule has 0 saturated carbocycles. The topological polar surface area (TPSA) is 12.0 Å². The van der Waals surface area contributed by atoms with Crippen LogP contribution in [-0.2, 0) is 0 Å². The number of halogens is 1. The van der Waals surface area contributed by atoms with Gasteiger partial charge in [-0.05, 0) is 38.0 Å². The van der Waals surface area contributed by atoms with Crippen LogP contribution in [-0.4, -0.2) is 6.04 Å². The lowest BCUT2D eigenvalue weighted by Crippen LogP contribution is -2.28. The molecule has 0 aliphatic carbocycles. The van der Waals surface area contributed by atoms with Crippen LogP contribution in [0.4, 0.5) is 0 Å². The van der Waals surface area contributed by atoms with Crippen LogP contribution in [0.5, 0.6) is 0 Å². The standard InChI is InChI=1S/C14H22BrN/c1-4-5-7-11(2)16-12(3)13-8-6-9-14(15)10-13/h6,8-12,16H,4-5,7H2,1-3H3/t11?,12-/m1/s1. The third kappa shape index (κ3) is 4.67. The molecule has 0 radical (unpaired) electrons. The highest BCUT2D eigenvalue weighted by molar-refractivity contribution is 9.10. The van der Waals surface area contributed by atoms with Crippen molar-refractivity contribution in [2.24, 2.45) is 0 Å². The van der Waals surface area contributed by atoms with Crippen LogP contribution in [0.1, 0.15) is 51.6 Å². The molecule has 1 N–H and O–H groups in total. The Hall–Kier alpha value is -0.340. The smallest absolute Gasteiger partial charge is 0.0294 e. The van der Waals surface area contributed by atoms with Gasteiger partial charge in [-0.2, -0.15) is 0 Å². The van der Waals surface area contributed by atoms with Crippen molar-refractivity contribution in [1.82, 2.24) is 5.32 Å². The molecule has 0 fully saturated rings. The van der Waals surface area contributed by atoms with Crippen molar-refractivity contribution in [3.8, 4) is 0 Å². The molecule has 0 bridgehead atoms. The molecule has 16 heavy (non-hydrogen) atoms. The van der Waals surface area contributed by atoms with E-state index in [1.54, 1.807) is 0 Å². The normalized spacial score (nSPS) is 14.8. The molecule has 1 aromatic carbocycles. The van der Waals surface area contributed by atoms with Crippen LogP contribution >= 0.6 is 15.9 Å². The Bertz CT molecular complexity index is 311. The van der Waals surface area contributed by atoms with Gasteiger partial charge in [0.2, 0.25) is 0 Å². The van der Waals surface area contributed by atoms with Gasteiger partial charge in [0.25, 0.3) is 0 Å². The summed E-state index contributed by atoms with van der Waals surface area (Å²) < 4.78 is 1.15. The fourth-order valence-corrected chi connectivity index (χ4v) is 2.31. The SMILES string of the molecule is CCCCC(C)N[C@H](C)c1cccc(Br)c1. The molecule has 1 rings (SSSR count). The summed E-state index contributed by atoms with van der Waals surface area (Å²) in [6, 6.07) is 9.53. The molecule has 1 unspecified atom stereocenters. The third-order valence-electron chi connectivity index (χ3n) is 2.87. The summed E-state index contributed by atoms with van der Waals surface area (Å²) in [6.45, 7) is 6.73. The van der Waals surface area contributed by atoms with Crippen LogP contribution in [0.2, 0.25) is 0 Å². The first-order valence-electron chi connectivity index (χ1n) is 6.15. The maximum Gasteiger partial charge on any atom is 0.0294 e. The molecule has 0 heterocycles. The maximum atomic E-state index is 3.64. The van der Waals surface area contributed by atoms with Gasteiger partial charge in [0.05, 0.1) is 0 Å². The summed E-state index contributed by atoms with van der Waals surface area (Å²) in [5.74, 6) is 0. The Labute approximate surface area is 108 Å². The van der Waals surface area contributed by atoms with E-state index in [1.165, 1.54) is 24.8 Å². The minimum absolute atomic E-state index is 0.421. The molecule has 90 valence electrons. The molecule has 0 amide bonds. The lowest BCUT2D eigenvalue weighted by Gasteiger charge is -2.20. The predicted octanol–water partition coefficient (Wildman–Crippen LogP) is 4.68. The van der Waals surface area contributed by atoms with E-state index in [-0.39, 0.29) is 0 Å². The van der Waals surface area contributed by atoms with E-state index in [0.717, 1.165) is 4.47 Å². The summed E-state index contributed by atoms with van der Waals surface area (Å²) in [5, 5.41) is 3.64. The monoisotopic (exact) mass is 283 g/mol. The quantitative estimate of drug-likeness (QED) is 0.800. The Morgan fingerprint density at radius 1 is 1.31 bits per heavy atom. The highest BCUT2D eigenvalue weighted by Gasteiger charge is 2.08. The Morgan fingerprint density at radius 3 is 2.69 bits per heavy atom. The van der Waals surface area contributed by atoms with E-state index >= 15 is 0 Å². The summed E-state index contributed by atoms with van der Waals surface area (Å²) in [4.78, 5) is 0. The van der Waals surface area contributed by atoms with Gasteiger partial charge in [-0.15, -0.1) is 0 Å². The average molecular weight is 284 g/mol. The Kier molecular flexibility index (Phi) is 6.07. The molecule has 2 heteroatoms. The lowest BCUT2D eigenvalue weighted by molar-refractivity contribution is 0.444. The minimum Gasteiger partial charge on any atom is -0.308 e. The van der Waals surface area contributed by atoms with Crippen molar-refractivity contribution in [2.75, 3.05) is 0 Å². The minimum atomic E-state index is 0.421. The van der Waals surface area contributed by atoms with E-state index in [0.29, 0.717) is 12.1 Å². The van der Waals surface area contributed by atoms with Crippen molar-refractivity contribution in [3.05, 3.63) is 34.3 Å². The number of benzene rings is 1. The lowest BCUT2D eigenvalue weighted by atomic mass is 10.1. The number of nitrogens with one attached hydrogen (secondary N) is 1. The van der Waals surface area contributed by atoms with Gasteiger partial charge in [0, 0.05) is 16.6 Å². The number of rotatable bonds is 6. The van der Waals surface area contributed by atoms with E-state index in [4.69, 9.17) is 0 Å². The molecule has 0 saturated heterocycles. The molecular formula is C14H22BrN. The first-order valence-corrected chi connectivity index (χ1v) is 6.94. The van der Waals surface area contributed by atoms with E-state index in [9.17, 15) is 0 Å². The van der Waals surface area contributed by atoms with Crippen molar-refractivity contribution < 1.29 is 0 Å². The van der Waals surface area contributed by atoms with E-state index in [1.807, 2.05) is 0 Å². The fourth-order valence-electron chi connectivity index (χ4n) is 1.89. The molecule has 0 spiro atoms. The van der Waals surface area contributed by atoms with Crippen LogP contribution in [0.25, 0.3) is 0 Å². The van der Waals surface area contributed by atoms with Gasteiger partial charge in [-0.25, -0.2) is 0 Å². The highest BCUT2D eigenvalue weighted by atomic mass is 79.9. The molecular weight excluding hydrogens is 262 g/mol. The maximum absolute atomic E-state index is 3.64. The largest absolute Gasteiger partial charge is 0.308 e. The fraction of sp³-hybridized carbons (Fsp3) is 0.571. The summed E-state index contributed by atoms with van der Waals surface area (Å²) in [7, 11) is 0. The van der Waals surface area contributed by atoms with Crippen LogP contribution in [0, 0.1) is 0 Å². The zero-order valence-corrected chi connectivity index (χ0v) is 12.0. The zero-order chi connectivity index (χ0) is 12.0. The second kappa shape index (κ2) is 7.08. The summed E-state index contributed by atoms with van der Waals surface area (Å²) in [5.41, 5.74) is 1.35. The summed E-state index contributed by atoms with van der Waals surface area (Å²) in [6.07, 6.45) is 3.84. The first kappa shape index (κ1) is 13.7. The molecule has 0 aromatic heterocycles. The zero-order valence-electron chi connectivity index (χ0n) is 10.5. The second-order valence-electron chi connectivity index (χ2n) is 4.49. The predicted molar refractivity (Wildman–Crippen MR) is 74.7 cm³/mol. The van der Waals surface area contributed by atoms with Crippen molar-refractivity contribution in [1.29, 1.82) is 0 Å². The molecule has 2 atom stereocenters. The highest BCUT2D eigenvalue weighted by Crippen LogP contribution is 2.18. The average Bonchev–Trinajstić information content (AvgIpc) is 2.26. The second-order valence-corrected chi connectivity index (χ2v) is 5.40. The van der Waals surface area contributed by atoms with Crippen molar-refractivity contribution >= 4 is 15.9 Å². The van der Waals surface area contributed by atoms with Crippen molar-refractivity contribution in [3.63, 3.8) is 0 Å². The Balaban J connectivity index is 2.48. The molecule has 0 aliphatic rings. The van der Waals surface area contributed by atoms with Crippen LogP contribution < -0.4 is 5.32 Å². The van der Waals surface area contributed by atoms with Gasteiger partial charge in [0.1, 0.15) is 0 Å². The molecule has 1 nitrogen and oxygen atoms in total. The van der Waals surface area contributed by atoms with Gasteiger partial charge in [-0.3, -0.25) is 0 Å². The van der Waals surface area contributed by atoms with Gasteiger partial charge in [0.15, 0.2) is 0 Å². The first-order chi connectivity index (χ1) is 7.63. The van der Waals surface area contributed by atoms with Gasteiger partial charge < -0.3 is 5.32 Å². The number of unbranched alkanes of at least 4 members (excludes halogenated alkanes) is 1. The number of hydrogen-bond acceptors (Lipinski definition) is 1. The molecule has 0 aliphatic heterocycles. The molecule has 1 aromatic rings. The van der Waals surface area contributed by atoms with E-state index < -0.39 is 0 Å². The van der Waals surface area contributed by atoms with Gasteiger partial charge in [-0.1, -0.05) is 47.8 Å². The summed E-state index contributed by atoms with van der Waals surface area (Å²) >= 11 is 3.51. The van der Waals surface area contributed by atoms with Crippen LogP contribution in [0.3, 0.4) is 0 Å². The van der Waals surface area contributed by atoms with Crippen LogP contribution in [0.15, 0.2) is 28.7 Å². The number of hydrogen-bond donors (Lipinski definition) is 1. The third-order valence-corrected chi connectivity index (χ3v) is 3.37. The van der Waals surface area contributed by atoms with E-state index in [2.05, 4.69) is 66.3 Å². The van der Waals surface area contributed by atoms with Gasteiger partial charge >= 0.3 is 0 Å². The Morgan fingerprint density at radius 2 is 2.06 bits per heavy atom.